The lowest BCUT2D eigenvalue weighted by Gasteiger charge is -2.36. The fourth-order valence-electron chi connectivity index (χ4n) is 10.6. The number of carbonyl (C=O) groups is 4. The van der Waals surface area contributed by atoms with Crippen LogP contribution in [0, 0.1) is 11.8 Å². The van der Waals surface area contributed by atoms with Gasteiger partial charge in [0.05, 0.1) is 42.1 Å². The van der Waals surface area contributed by atoms with Gasteiger partial charge >= 0.3 is 12.2 Å². The van der Waals surface area contributed by atoms with E-state index in [9.17, 15) is 24.3 Å². The molecule has 2 aliphatic carbocycles. The lowest BCUT2D eigenvalue weighted by molar-refractivity contribution is -0.138. The Hall–Kier alpha value is -7.10. The predicted octanol–water partition coefficient (Wildman–Crippen LogP) is 8.85. The molecule has 16 heteroatoms. The van der Waals surface area contributed by atoms with Crippen LogP contribution in [0.15, 0.2) is 91.1 Å². The third kappa shape index (κ3) is 7.24. The van der Waals surface area contributed by atoms with Gasteiger partial charge in [-0.3, -0.25) is 9.59 Å². The van der Waals surface area contributed by atoms with Crippen molar-refractivity contribution in [3.63, 3.8) is 0 Å². The van der Waals surface area contributed by atoms with Crippen molar-refractivity contribution < 1.29 is 37.8 Å². The number of halogens is 2. The zero-order valence-electron chi connectivity index (χ0n) is 36.0. The topological polar surface area (TPSA) is 186 Å². The van der Waals surface area contributed by atoms with E-state index in [0.717, 1.165) is 24.8 Å². The number of carbonyl (C=O) groups excluding carboxylic acids is 3. The number of ether oxygens (including phenoxy) is 1. The van der Waals surface area contributed by atoms with Crippen molar-refractivity contribution in [1.29, 1.82) is 0 Å². The maximum Gasteiger partial charge on any atom is 0.407 e. The van der Waals surface area contributed by atoms with Gasteiger partial charge in [0, 0.05) is 29.3 Å². The molecule has 2 bridgehead atoms. The second kappa shape index (κ2) is 16.2. The van der Waals surface area contributed by atoms with E-state index < -0.39 is 36.2 Å². The molecule has 2 saturated heterocycles. The first kappa shape index (κ1) is 41.9. The number of carboxylic acid groups (broad SMARTS) is 1. The number of hydrogen-bond acceptors (Lipinski definition) is 7. The monoisotopic (exact) mass is 882 g/mol. The minimum atomic E-state index is -3.30. The molecule has 65 heavy (non-hydrogen) atoms. The summed E-state index contributed by atoms with van der Waals surface area (Å²) in [7, 11) is 1.26. The van der Waals surface area contributed by atoms with Gasteiger partial charge < -0.3 is 40.2 Å². The summed E-state index contributed by atoms with van der Waals surface area (Å²) < 4.78 is 38.1. The molecule has 1 saturated carbocycles. The number of nitrogens with zero attached hydrogens (tertiary/aromatic N) is 4. The number of amides is 4. The lowest BCUT2D eigenvalue weighted by Crippen LogP contribution is -2.50. The van der Waals surface area contributed by atoms with Crippen LogP contribution in [0.2, 0.25) is 0 Å². The molecule has 4 amide bonds. The number of likely N-dealkylation sites (tertiary alicyclic amines) is 2. The number of hydrogen-bond donors (Lipinski definition) is 5. The zero-order chi connectivity index (χ0) is 45.3. The highest BCUT2D eigenvalue weighted by molar-refractivity contribution is 5.90. The zero-order valence-corrected chi connectivity index (χ0v) is 36.0. The molecule has 4 heterocycles. The largest absolute Gasteiger partial charge is 0.465 e. The Bertz CT molecular complexity index is 2860. The molecule has 4 aliphatic rings. The Morgan fingerprint density at radius 2 is 1.55 bits per heavy atom. The number of alkyl carbamates (subject to hydrolysis) is 1. The van der Waals surface area contributed by atoms with E-state index in [1.54, 1.807) is 61.3 Å². The van der Waals surface area contributed by atoms with E-state index in [4.69, 9.17) is 9.72 Å². The van der Waals surface area contributed by atoms with E-state index in [1.165, 1.54) is 13.2 Å². The van der Waals surface area contributed by atoms with Crippen LogP contribution in [0.5, 0.6) is 0 Å². The van der Waals surface area contributed by atoms with Gasteiger partial charge in [-0.25, -0.2) is 19.6 Å². The molecule has 5 N–H and O–H groups in total. The maximum atomic E-state index is 16.6. The molecule has 3 fully saturated rings. The average Bonchev–Trinajstić information content (AvgIpc) is 4.18. The fraction of sp³-hybridized carbons (Fsp3) is 0.347. The van der Waals surface area contributed by atoms with Crippen LogP contribution in [0.25, 0.3) is 44.5 Å². The van der Waals surface area contributed by atoms with E-state index >= 15 is 8.78 Å². The van der Waals surface area contributed by atoms with Gasteiger partial charge in [-0.2, -0.15) is 8.78 Å². The number of aromatic nitrogens is 4. The van der Waals surface area contributed by atoms with Gasteiger partial charge in [-0.15, -0.1) is 0 Å². The van der Waals surface area contributed by atoms with Gasteiger partial charge in [-0.05, 0) is 96.0 Å². The van der Waals surface area contributed by atoms with Crippen LogP contribution < -0.4 is 10.6 Å². The number of alkyl halides is 2. The first-order valence-corrected chi connectivity index (χ1v) is 22.0. The van der Waals surface area contributed by atoms with Crippen molar-refractivity contribution in [3.05, 3.63) is 119 Å². The van der Waals surface area contributed by atoms with Crippen molar-refractivity contribution in [2.75, 3.05) is 13.7 Å². The second-order valence-corrected chi connectivity index (χ2v) is 17.9. The summed E-state index contributed by atoms with van der Waals surface area (Å²) in [6.07, 6.45) is 3.56. The normalized spacial score (nSPS) is 21.3. The van der Waals surface area contributed by atoms with Gasteiger partial charge in [0.1, 0.15) is 23.7 Å². The van der Waals surface area contributed by atoms with Crippen LogP contribution in [-0.2, 0) is 20.2 Å². The molecule has 2 aromatic heterocycles. The average molecular weight is 883 g/mol. The van der Waals surface area contributed by atoms with E-state index in [2.05, 4.69) is 25.6 Å². The standard InChI is InChI=1S/C49H48F2N8O6/c1-25(2)40(56-47(62)63)45(60)58-19-7-10-39(58)43-52-24-38(55-43)29-13-17-33-32-16-12-27(21-34(32)49(50,51)35(33)22-29)28-14-18-36-37(23-28)54-44(53-36)42-30-11-15-31(20-30)59(42)46(61)41(57-48(64)65-3)26-8-5-4-6-9-26/h4-6,8-9,12-14,16-18,21-25,30-31,39-42,56H,7,10-11,15,19-20H2,1-3H3,(H,52,55)(H,53,54)(H,57,64)(H,62,63)/t30-,31+,39-,40-,41+,42-/m0/s1. The number of H-pyrrole nitrogens is 2. The highest BCUT2D eigenvalue weighted by atomic mass is 19.3. The number of fused-ring (bicyclic) bond motifs is 6. The highest BCUT2D eigenvalue weighted by Gasteiger charge is 2.52. The van der Waals surface area contributed by atoms with Crippen LogP contribution in [0.3, 0.4) is 0 Å². The molecule has 4 aromatic carbocycles. The van der Waals surface area contributed by atoms with Crippen LogP contribution >= 0.6 is 0 Å². The Labute approximate surface area is 372 Å². The van der Waals surface area contributed by atoms with Crippen LogP contribution in [-0.4, -0.2) is 84.6 Å². The summed E-state index contributed by atoms with van der Waals surface area (Å²) in [4.78, 5) is 71.6. The number of imidazole rings is 2. The number of benzene rings is 4. The van der Waals surface area contributed by atoms with E-state index in [1.807, 2.05) is 47.4 Å². The van der Waals surface area contributed by atoms with Gasteiger partial charge in [-0.1, -0.05) is 74.5 Å². The fourth-order valence-corrected chi connectivity index (χ4v) is 10.6. The molecule has 0 spiro atoms. The van der Waals surface area contributed by atoms with Crippen molar-refractivity contribution >= 4 is 35.0 Å². The Kier molecular flexibility index (Phi) is 10.4. The molecule has 0 unspecified atom stereocenters. The number of methoxy groups -OCH3 is 1. The molecular formula is C49H48F2N8O6. The summed E-state index contributed by atoms with van der Waals surface area (Å²) in [5, 5.41) is 14.4. The highest BCUT2D eigenvalue weighted by Crippen LogP contribution is 2.53. The molecule has 10 rings (SSSR count). The Morgan fingerprint density at radius 3 is 2.28 bits per heavy atom. The molecule has 6 aromatic rings. The Morgan fingerprint density at radius 1 is 0.846 bits per heavy atom. The summed E-state index contributed by atoms with van der Waals surface area (Å²) in [6.45, 7) is 4.01. The molecular weight excluding hydrogens is 835 g/mol. The number of aromatic amines is 2. The van der Waals surface area contributed by atoms with Crippen molar-refractivity contribution in [2.45, 2.75) is 82.1 Å². The maximum absolute atomic E-state index is 16.6. The van der Waals surface area contributed by atoms with Crippen molar-refractivity contribution in [3.8, 4) is 33.5 Å². The van der Waals surface area contributed by atoms with E-state index in [-0.39, 0.29) is 46.9 Å². The molecule has 2 aliphatic heterocycles. The van der Waals surface area contributed by atoms with Crippen molar-refractivity contribution in [1.82, 2.24) is 40.4 Å². The van der Waals surface area contributed by atoms with Crippen molar-refractivity contribution in [2.24, 2.45) is 11.8 Å². The summed E-state index contributed by atoms with van der Waals surface area (Å²) >= 11 is 0. The smallest absolute Gasteiger partial charge is 0.407 e. The minimum Gasteiger partial charge on any atom is -0.465 e. The summed E-state index contributed by atoms with van der Waals surface area (Å²) in [6, 6.07) is 22.2. The third-order valence-corrected chi connectivity index (χ3v) is 13.8. The van der Waals surface area contributed by atoms with E-state index in [0.29, 0.717) is 75.6 Å². The molecule has 14 nitrogen and oxygen atoms in total. The van der Waals surface area contributed by atoms with Gasteiger partial charge in [0.25, 0.3) is 11.8 Å². The number of piperidine rings is 1. The van der Waals surface area contributed by atoms with Gasteiger partial charge in [0.15, 0.2) is 0 Å². The first-order valence-electron chi connectivity index (χ1n) is 22.0. The minimum absolute atomic E-state index is 0.00840. The SMILES string of the molecule is COC(=O)N[C@@H](C(=O)N1[C@@H]2CC[C@@H](C2)[C@H]1c1nc2ccc(-c3ccc4c(c3)C(F)(F)c3cc(-c5cnc([C@@H]6CCCN6C(=O)[C@@H](NC(=O)O)C(C)C)[nH]5)ccc3-4)cc2[nH]1)c1ccccc1. The number of rotatable bonds is 10. The lowest BCUT2D eigenvalue weighted by atomic mass is 9.96. The summed E-state index contributed by atoms with van der Waals surface area (Å²) in [5.41, 5.74) is 5.07. The quantitative estimate of drug-likeness (QED) is 0.0903. The molecule has 0 radical (unpaired) electrons. The second-order valence-electron chi connectivity index (χ2n) is 17.9. The predicted molar refractivity (Wildman–Crippen MR) is 236 cm³/mol. The van der Waals surface area contributed by atoms with Crippen LogP contribution in [0.4, 0.5) is 18.4 Å². The molecule has 334 valence electrons. The third-order valence-electron chi connectivity index (χ3n) is 13.8. The summed E-state index contributed by atoms with van der Waals surface area (Å²) in [5.74, 6) is -2.81. The molecule has 6 atom stereocenters. The van der Waals surface area contributed by atoms with Crippen LogP contribution in [0.1, 0.15) is 92.4 Å². The number of nitrogens with one attached hydrogen (secondary N) is 4. The Balaban J connectivity index is 0.897. The first-order chi connectivity index (χ1) is 31.3. The van der Waals surface area contributed by atoms with Gasteiger partial charge in [0.2, 0.25) is 5.91 Å².